The monoisotopic (exact) mass is 299 g/mol. The van der Waals surface area contributed by atoms with Crippen molar-refractivity contribution in [1.82, 2.24) is 15.6 Å². The van der Waals surface area contributed by atoms with Gasteiger partial charge in [-0.1, -0.05) is 30.3 Å². The van der Waals surface area contributed by atoms with Crippen molar-refractivity contribution in [2.75, 3.05) is 6.61 Å². The first kappa shape index (κ1) is 16.0. The summed E-state index contributed by atoms with van der Waals surface area (Å²) in [6.07, 6.45) is 3.82. The van der Waals surface area contributed by atoms with Crippen LogP contribution in [0.3, 0.4) is 0 Å². The Morgan fingerprint density at radius 1 is 1.18 bits per heavy atom. The molecule has 0 aliphatic heterocycles. The van der Waals surface area contributed by atoms with Crippen LogP contribution in [0.4, 0.5) is 4.79 Å². The van der Waals surface area contributed by atoms with Crippen molar-refractivity contribution in [2.24, 2.45) is 0 Å². The summed E-state index contributed by atoms with van der Waals surface area (Å²) in [7, 11) is 0. The van der Waals surface area contributed by atoms with Gasteiger partial charge in [0.25, 0.3) is 0 Å². The summed E-state index contributed by atoms with van der Waals surface area (Å²) in [4.78, 5) is 16.1. The van der Waals surface area contributed by atoms with E-state index in [1.807, 2.05) is 49.4 Å². The lowest BCUT2D eigenvalue weighted by atomic mass is 9.89. The van der Waals surface area contributed by atoms with Crippen molar-refractivity contribution in [2.45, 2.75) is 25.4 Å². The molecule has 1 atom stereocenters. The van der Waals surface area contributed by atoms with E-state index in [1.165, 1.54) is 0 Å². The molecule has 2 rings (SSSR count). The molecule has 2 amide bonds. The van der Waals surface area contributed by atoms with Crippen molar-refractivity contribution in [3.8, 4) is 0 Å². The first-order valence-corrected chi connectivity index (χ1v) is 7.25. The van der Waals surface area contributed by atoms with E-state index < -0.39 is 5.54 Å². The van der Waals surface area contributed by atoms with Crippen LogP contribution < -0.4 is 10.6 Å². The summed E-state index contributed by atoms with van der Waals surface area (Å²) in [5.74, 6) is 0. The SMILES string of the molecule is CC(CCO)(NC(=O)NCc1ccncc1)c1ccccc1. The Morgan fingerprint density at radius 3 is 2.50 bits per heavy atom. The van der Waals surface area contributed by atoms with Gasteiger partial charge in [0.1, 0.15) is 0 Å². The molecule has 0 fully saturated rings. The number of carbonyl (C=O) groups excluding carboxylic acids is 1. The first-order valence-electron chi connectivity index (χ1n) is 7.25. The Balaban J connectivity index is 2.00. The molecule has 3 N–H and O–H groups in total. The van der Waals surface area contributed by atoms with Crippen LogP contribution in [0.15, 0.2) is 54.9 Å². The first-order chi connectivity index (χ1) is 10.6. The highest BCUT2D eigenvalue weighted by Gasteiger charge is 2.27. The fourth-order valence-electron chi connectivity index (χ4n) is 2.29. The van der Waals surface area contributed by atoms with Gasteiger partial charge in [0.15, 0.2) is 0 Å². The lowest BCUT2D eigenvalue weighted by molar-refractivity contribution is 0.203. The van der Waals surface area contributed by atoms with Crippen LogP contribution in [0.25, 0.3) is 0 Å². The van der Waals surface area contributed by atoms with E-state index in [1.54, 1.807) is 12.4 Å². The van der Waals surface area contributed by atoms with Crippen LogP contribution in [0.5, 0.6) is 0 Å². The molecule has 0 spiro atoms. The molecule has 22 heavy (non-hydrogen) atoms. The van der Waals surface area contributed by atoms with E-state index in [-0.39, 0.29) is 12.6 Å². The van der Waals surface area contributed by atoms with Gasteiger partial charge in [0.05, 0.1) is 5.54 Å². The maximum absolute atomic E-state index is 12.2. The normalized spacial score (nSPS) is 13.2. The molecule has 0 aliphatic rings. The Labute approximate surface area is 130 Å². The lowest BCUT2D eigenvalue weighted by Gasteiger charge is -2.31. The molecule has 0 radical (unpaired) electrons. The summed E-state index contributed by atoms with van der Waals surface area (Å²) in [6.45, 7) is 2.33. The van der Waals surface area contributed by atoms with Gasteiger partial charge in [-0.3, -0.25) is 4.98 Å². The largest absolute Gasteiger partial charge is 0.396 e. The van der Waals surface area contributed by atoms with E-state index in [0.717, 1.165) is 11.1 Å². The fraction of sp³-hybridized carbons (Fsp3) is 0.294. The highest BCUT2D eigenvalue weighted by molar-refractivity contribution is 5.75. The fourth-order valence-corrected chi connectivity index (χ4v) is 2.29. The van der Waals surface area contributed by atoms with Crippen molar-refractivity contribution < 1.29 is 9.90 Å². The minimum Gasteiger partial charge on any atom is -0.396 e. The number of aromatic nitrogens is 1. The predicted octanol–water partition coefficient (Wildman–Crippen LogP) is 2.18. The third kappa shape index (κ3) is 4.30. The van der Waals surface area contributed by atoms with Gasteiger partial charge in [-0.2, -0.15) is 0 Å². The van der Waals surface area contributed by atoms with Crippen molar-refractivity contribution >= 4 is 6.03 Å². The summed E-state index contributed by atoms with van der Waals surface area (Å²) < 4.78 is 0. The van der Waals surface area contributed by atoms with Crippen LogP contribution >= 0.6 is 0 Å². The molecule has 1 unspecified atom stereocenters. The third-order valence-electron chi connectivity index (χ3n) is 3.61. The highest BCUT2D eigenvalue weighted by Crippen LogP contribution is 2.24. The molecule has 1 heterocycles. The van der Waals surface area contributed by atoms with Gasteiger partial charge < -0.3 is 15.7 Å². The van der Waals surface area contributed by atoms with Gasteiger partial charge >= 0.3 is 6.03 Å². The van der Waals surface area contributed by atoms with E-state index in [9.17, 15) is 9.90 Å². The zero-order valence-corrected chi connectivity index (χ0v) is 12.6. The molecule has 2 aromatic rings. The number of urea groups is 1. The van der Waals surface area contributed by atoms with Crippen molar-refractivity contribution in [3.05, 3.63) is 66.0 Å². The van der Waals surface area contributed by atoms with Crippen LogP contribution in [-0.4, -0.2) is 22.7 Å². The Hall–Kier alpha value is -2.40. The number of benzene rings is 1. The molecular weight excluding hydrogens is 278 g/mol. The summed E-state index contributed by atoms with van der Waals surface area (Å²) >= 11 is 0. The molecule has 0 aliphatic carbocycles. The molecule has 5 nitrogen and oxygen atoms in total. The molecule has 1 aromatic carbocycles. The van der Waals surface area contributed by atoms with Crippen LogP contribution in [0.1, 0.15) is 24.5 Å². The van der Waals surface area contributed by atoms with Crippen LogP contribution in [0, 0.1) is 0 Å². The second kappa shape index (κ2) is 7.56. The number of hydrogen-bond donors (Lipinski definition) is 3. The average Bonchev–Trinajstić information content (AvgIpc) is 2.55. The van der Waals surface area contributed by atoms with Gasteiger partial charge in [0.2, 0.25) is 0 Å². The Kier molecular flexibility index (Phi) is 5.49. The van der Waals surface area contributed by atoms with Gasteiger partial charge in [0, 0.05) is 25.5 Å². The quantitative estimate of drug-likeness (QED) is 0.765. The molecular formula is C17H21N3O2. The van der Waals surface area contributed by atoms with Crippen LogP contribution in [0.2, 0.25) is 0 Å². The van der Waals surface area contributed by atoms with Crippen molar-refractivity contribution in [1.29, 1.82) is 0 Å². The molecule has 0 saturated heterocycles. The van der Waals surface area contributed by atoms with Gasteiger partial charge in [-0.15, -0.1) is 0 Å². The second-order valence-corrected chi connectivity index (χ2v) is 5.33. The average molecular weight is 299 g/mol. The Bertz CT molecular complexity index is 589. The third-order valence-corrected chi connectivity index (χ3v) is 3.61. The number of pyridine rings is 1. The van der Waals surface area contributed by atoms with Gasteiger partial charge in [-0.25, -0.2) is 4.79 Å². The van der Waals surface area contributed by atoms with Crippen molar-refractivity contribution in [3.63, 3.8) is 0 Å². The number of aliphatic hydroxyl groups is 1. The maximum atomic E-state index is 12.2. The molecule has 116 valence electrons. The summed E-state index contributed by atoms with van der Waals surface area (Å²) in [6, 6.07) is 13.1. The molecule has 1 aromatic heterocycles. The Morgan fingerprint density at radius 2 is 1.86 bits per heavy atom. The zero-order valence-electron chi connectivity index (χ0n) is 12.6. The lowest BCUT2D eigenvalue weighted by Crippen LogP contribution is -2.48. The van der Waals surface area contributed by atoms with E-state index in [0.29, 0.717) is 13.0 Å². The van der Waals surface area contributed by atoms with Gasteiger partial charge in [-0.05, 0) is 36.6 Å². The smallest absolute Gasteiger partial charge is 0.315 e. The number of nitrogens with zero attached hydrogens (tertiary/aromatic N) is 1. The highest BCUT2D eigenvalue weighted by atomic mass is 16.3. The number of rotatable bonds is 6. The summed E-state index contributed by atoms with van der Waals surface area (Å²) in [5.41, 5.74) is 1.33. The zero-order chi connectivity index (χ0) is 15.8. The summed E-state index contributed by atoms with van der Waals surface area (Å²) in [5, 5.41) is 15.1. The van der Waals surface area contributed by atoms with Crippen LogP contribution in [-0.2, 0) is 12.1 Å². The topological polar surface area (TPSA) is 74.2 Å². The number of hydrogen-bond acceptors (Lipinski definition) is 3. The standard InChI is InChI=1S/C17H21N3O2/c1-17(9-12-21,15-5-3-2-4-6-15)20-16(22)19-13-14-7-10-18-11-8-14/h2-8,10-11,21H,9,12-13H2,1H3,(H2,19,20,22). The maximum Gasteiger partial charge on any atom is 0.315 e. The number of nitrogens with one attached hydrogen (secondary N) is 2. The number of amides is 2. The molecule has 0 bridgehead atoms. The predicted molar refractivity (Wildman–Crippen MR) is 85.1 cm³/mol. The van der Waals surface area contributed by atoms with E-state index in [2.05, 4.69) is 15.6 Å². The minimum atomic E-state index is -0.613. The minimum absolute atomic E-state index is 0.00394. The molecule has 5 heteroatoms. The second-order valence-electron chi connectivity index (χ2n) is 5.33. The van der Waals surface area contributed by atoms with E-state index in [4.69, 9.17) is 0 Å². The van der Waals surface area contributed by atoms with E-state index >= 15 is 0 Å². The number of carbonyl (C=O) groups is 1. The molecule has 0 saturated carbocycles. The number of aliphatic hydroxyl groups excluding tert-OH is 1.